The van der Waals surface area contributed by atoms with Crippen LogP contribution in [0.1, 0.15) is 26.7 Å². The molecule has 0 spiro atoms. The summed E-state index contributed by atoms with van der Waals surface area (Å²) in [5.74, 6) is 0.300. The maximum Gasteiger partial charge on any atom is 0.178 e. The van der Waals surface area contributed by atoms with Crippen molar-refractivity contribution in [2.45, 2.75) is 38.4 Å². The van der Waals surface area contributed by atoms with E-state index in [0.29, 0.717) is 0 Å². The lowest BCUT2D eigenvalue weighted by Gasteiger charge is -2.37. The highest BCUT2D eigenvalue weighted by atomic mass is 31.2. The van der Waals surface area contributed by atoms with Crippen molar-refractivity contribution >= 4 is 17.9 Å². The van der Waals surface area contributed by atoms with Crippen LogP contribution in [0.2, 0.25) is 0 Å². The van der Waals surface area contributed by atoms with Crippen LogP contribution in [-0.2, 0) is 9.47 Å². The smallest absolute Gasteiger partial charge is 0.178 e. The number of hydrogen-bond donors (Lipinski definition) is 0. The standard InChI is InChI=1S/C20H28O2P/c1-5-19(21-3)23(20(6-2)22-4,17-13-9-7-10-14-17)18-15-11-8-12-16-18/h7-16,19-20H,5-6H2,1-4H3/q+1. The van der Waals surface area contributed by atoms with Crippen molar-refractivity contribution in [2.75, 3.05) is 14.2 Å². The van der Waals surface area contributed by atoms with Gasteiger partial charge in [0.15, 0.2) is 11.7 Å². The average molecular weight is 331 g/mol. The van der Waals surface area contributed by atoms with Crippen molar-refractivity contribution in [3.63, 3.8) is 0 Å². The number of hydrogen-bond acceptors (Lipinski definition) is 2. The van der Waals surface area contributed by atoms with Crippen LogP contribution in [0.25, 0.3) is 0 Å². The number of rotatable bonds is 8. The first-order valence-corrected chi connectivity index (χ1v) is 10.2. The van der Waals surface area contributed by atoms with Gasteiger partial charge in [0.2, 0.25) is 0 Å². The maximum absolute atomic E-state index is 6.03. The Labute approximate surface area is 141 Å². The van der Waals surface area contributed by atoms with Crippen molar-refractivity contribution in [2.24, 2.45) is 0 Å². The van der Waals surface area contributed by atoms with Crippen molar-refractivity contribution < 1.29 is 9.47 Å². The molecule has 0 bridgehead atoms. The molecule has 124 valence electrons. The quantitative estimate of drug-likeness (QED) is 0.667. The Morgan fingerprint density at radius 1 is 0.696 bits per heavy atom. The topological polar surface area (TPSA) is 18.5 Å². The van der Waals surface area contributed by atoms with Gasteiger partial charge in [-0.1, -0.05) is 50.2 Å². The Hall–Kier alpha value is -1.21. The Morgan fingerprint density at radius 3 is 1.30 bits per heavy atom. The van der Waals surface area contributed by atoms with Crippen LogP contribution in [0.15, 0.2) is 60.7 Å². The van der Waals surface area contributed by atoms with Crippen molar-refractivity contribution in [3.05, 3.63) is 60.7 Å². The zero-order valence-electron chi connectivity index (χ0n) is 14.6. The molecule has 2 rings (SSSR count). The predicted octanol–water partition coefficient (Wildman–Crippen LogP) is 4.42. The highest BCUT2D eigenvalue weighted by molar-refractivity contribution is 7.90. The predicted molar refractivity (Wildman–Crippen MR) is 101 cm³/mol. The van der Waals surface area contributed by atoms with Crippen LogP contribution in [0.4, 0.5) is 0 Å². The van der Waals surface area contributed by atoms with Crippen LogP contribution in [0, 0.1) is 0 Å². The Morgan fingerprint density at radius 2 is 1.04 bits per heavy atom. The molecule has 0 aliphatic heterocycles. The summed E-state index contributed by atoms with van der Waals surface area (Å²) < 4.78 is 12.1. The van der Waals surface area contributed by atoms with Gasteiger partial charge in [0.1, 0.15) is 17.9 Å². The second-order valence-corrected chi connectivity index (χ2v) is 9.38. The first-order chi connectivity index (χ1) is 11.2. The molecule has 3 heteroatoms. The summed E-state index contributed by atoms with van der Waals surface area (Å²) in [5, 5.41) is 2.71. The molecule has 2 atom stereocenters. The van der Waals surface area contributed by atoms with E-state index < -0.39 is 7.26 Å². The van der Waals surface area contributed by atoms with Gasteiger partial charge >= 0.3 is 0 Å². The fourth-order valence-electron chi connectivity index (χ4n) is 3.59. The molecule has 0 saturated carbocycles. The van der Waals surface area contributed by atoms with Crippen LogP contribution >= 0.6 is 7.26 Å². The fraction of sp³-hybridized carbons (Fsp3) is 0.400. The summed E-state index contributed by atoms with van der Waals surface area (Å²) in [4.78, 5) is 0. The van der Waals surface area contributed by atoms with Gasteiger partial charge in [0, 0.05) is 27.1 Å². The molecule has 2 aromatic carbocycles. The van der Waals surface area contributed by atoms with Crippen LogP contribution < -0.4 is 10.6 Å². The lowest BCUT2D eigenvalue weighted by atomic mass is 10.4. The summed E-state index contributed by atoms with van der Waals surface area (Å²) in [6.07, 6.45) is 1.93. The van der Waals surface area contributed by atoms with Crippen LogP contribution in [0.5, 0.6) is 0 Å². The van der Waals surface area contributed by atoms with Gasteiger partial charge in [-0.05, 0) is 24.3 Å². The molecule has 2 nitrogen and oxygen atoms in total. The van der Waals surface area contributed by atoms with Crippen LogP contribution in [0.3, 0.4) is 0 Å². The van der Waals surface area contributed by atoms with Gasteiger partial charge in [-0.2, -0.15) is 0 Å². The molecule has 23 heavy (non-hydrogen) atoms. The third kappa shape index (κ3) is 3.35. The van der Waals surface area contributed by atoms with E-state index in [1.54, 1.807) is 0 Å². The zero-order chi connectivity index (χ0) is 16.7. The third-order valence-corrected chi connectivity index (χ3v) is 9.79. The van der Waals surface area contributed by atoms with Gasteiger partial charge in [0.05, 0.1) is 0 Å². The second-order valence-electron chi connectivity index (χ2n) is 5.65. The highest BCUT2D eigenvalue weighted by Gasteiger charge is 2.56. The summed E-state index contributed by atoms with van der Waals surface area (Å²) in [5.41, 5.74) is 0. The van der Waals surface area contributed by atoms with Gasteiger partial charge < -0.3 is 9.47 Å². The summed E-state index contributed by atoms with van der Waals surface area (Å²) in [6, 6.07) is 21.6. The normalized spacial score (nSPS) is 14.4. The average Bonchev–Trinajstić information content (AvgIpc) is 2.63. The summed E-state index contributed by atoms with van der Waals surface area (Å²) in [6.45, 7) is 4.41. The van der Waals surface area contributed by atoms with E-state index in [2.05, 4.69) is 74.5 Å². The molecule has 2 aromatic rings. The molecule has 0 saturated heterocycles. The number of ether oxygens (including phenoxy) is 2. The van der Waals surface area contributed by atoms with Gasteiger partial charge in [0.25, 0.3) is 0 Å². The summed E-state index contributed by atoms with van der Waals surface area (Å²) >= 11 is 0. The lowest BCUT2D eigenvalue weighted by Crippen LogP contribution is -2.40. The van der Waals surface area contributed by atoms with E-state index in [-0.39, 0.29) is 11.7 Å². The molecular weight excluding hydrogens is 303 g/mol. The molecule has 2 unspecified atom stereocenters. The largest absolute Gasteiger partial charge is 0.346 e. The Balaban J connectivity index is 2.78. The molecular formula is C20H28O2P+. The molecule has 0 fully saturated rings. The molecule has 0 aliphatic rings. The molecule has 0 heterocycles. The van der Waals surface area contributed by atoms with Crippen molar-refractivity contribution in [1.29, 1.82) is 0 Å². The number of methoxy groups -OCH3 is 2. The Kier molecular flexibility index (Phi) is 6.77. The van der Waals surface area contributed by atoms with Crippen molar-refractivity contribution in [1.82, 2.24) is 0 Å². The molecule has 0 amide bonds. The van der Waals surface area contributed by atoms with Crippen molar-refractivity contribution in [3.8, 4) is 0 Å². The lowest BCUT2D eigenvalue weighted by molar-refractivity contribution is 0.136. The van der Waals surface area contributed by atoms with E-state index >= 15 is 0 Å². The van der Waals surface area contributed by atoms with Gasteiger partial charge in [-0.3, -0.25) is 0 Å². The number of benzene rings is 2. The first-order valence-electron chi connectivity index (χ1n) is 8.30. The minimum absolute atomic E-state index is 0.150. The fourth-order valence-corrected chi connectivity index (χ4v) is 8.74. The van der Waals surface area contributed by atoms with Gasteiger partial charge in [-0.25, -0.2) is 0 Å². The molecule has 0 aliphatic carbocycles. The molecule has 0 aromatic heterocycles. The monoisotopic (exact) mass is 331 g/mol. The van der Waals surface area contributed by atoms with E-state index in [4.69, 9.17) is 9.47 Å². The third-order valence-electron chi connectivity index (χ3n) is 4.52. The van der Waals surface area contributed by atoms with Gasteiger partial charge in [-0.15, -0.1) is 0 Å². The Bertz CT molecular complexity index is 509. The van der Waals surface area contributed by atoms with Crippen LogP contribution in [-0.4, -0.2) is 25.9 Å². The molecule has 0 N–H and O–H groups in total. The second kappa shape index (κ2) is 8.59. The first kappa shape index (κ1) is 18.1. The minimum Gasteiger partial charge on any atom is -0.346 e. The van der Waals surface area contributed by atoms with E-state index in [9.17, 15) is 0 Å². The van der Waals surface area contributed by atoms with E-state index in [0.717, 1.165) is 12.8 Å². The summed E-state index contributed by atoms with van der Waals surface area (Å²) in [7, 11) is 1.80. The zero-order valence-corrected chi connectivity index (χ0v) is 15.5. The SMILES string of the molecule is CCC(OC)[P+](c1ccccc1)(c1ccccc1)C(CC)OC. The maximum atomic E-state index is 6.03. The van der Waals surface area contributed by atoms with E-state index in [1.165, 1.54) is 10.6 Å². The highest BCUT2D eigenvalue weighted by Crippen LogP contribution is 2.66. The minimum atomic E-state index is -1.87. The van der Waals surface area contributed by atoms with E-state index in [1.807, 2.05) is 14.2 Å². The molecule has 0 radical (unpaired) electrons.